The first-order valence-electron chi connectivity index (χ1n) is 11.6. The molecular formula is C26H26F4N4O3. The number of aryl methyl sites for hydroxylation is 2. The monoisotopic (exact) mass is 518 g/mol. The van der Waals surface area contributed by atoms with Crippen LogP contribution >= 0.6 is 0 Å². The number of nitrogens with one attached hydrogen (secondary N) is 2. The smallest absolute Gasteiger partial charge is 0.390 e. The van der Waals surface area contributed by atoms with Crippen molar-refractivity contribution >= 4 is 17.6 Å². The van der Waals surface area contributed by atoms with Crippen molar-refractivity contribution in [2.75, 3.05) is 5.32 Å². The van der Waals surface area contributed by atoms with Gasteiger partial charge in [0.1, 0.15) is 17.7 Å². The van der Waals surface area contributed by atoms with Crippen LogP contribution in [0.25, 0.3) is 0 Å². The van der Waals surface area contributed by atoms with E-state index >= 15 is 0 Å². The lowest BCUT2D eigenvalue weighted by Gasteiger charge is -2.33. The Morgan fingerprint density at radius 1 is 1.16 bits per heavy atom. The first-order valence-corrected chi connectivity index (χ1v) is 11.6. The first kappa shape index (κ1) is 26.3. The van der Waals surface area contributed by atoms with Crippen molar-refractivity contribution in [2.24, 2.45) is 0 Å². The van der Waals surface area contributed by atoms with Gasteiger partial charge in [0.25, 0.3) is 5.91 Å². The first-order chi connectivity index (χ1) is 17.2. The summed E-state index contributed by atoms with van der Waals surface area (Å²) in [6.45, 7) is 5.31. The van der Waals surface area contributed by atoms with Crippen LogP contribution in [0.15, 0.2) is 48.5 Å². The summed E-state index contributed by atoms with van der Waals surface area (Å²) in [5.41, 5.74) is -0.603. The maximum Gasteiger partial charge on any atom is 0.416 e. The minimum Gasteiger partial charge on any atom is -0.390 e. The Morgan fingerprint density at radius 2 is 1.84 bits per heavy atom. The summed E-state index contributed by atoms with van der Waals surface area (Å²) in [5.74, 6) is -2.38. The second-order valence-corrected chi connectivity index (χ2v) is 9.68. The van der Waals surface area contributed by atoms with E-state index in [2.05, 4.69) is 15.7 Å². The molecule has 2 unspecified atom stereocenters. The molecule has 0 saturated carbocycles. The summed E-state index contributed by atoms with van der Waals surface area (Å²) < 4.78 is 54.8. The third-order valence-electron chi connectivity index (χ3n) is 6.25. The molecule has 7 nitrogen and oxygen atoms in total. The third-order valence-corrected chi connectivity index (χ3v) is 6.25. The summed E-state index contributed by atoms with van der Waals surface area (Å²) in [6, 6.07) is 8.11. The van der Waals surface area contributed by atoms with E-state index in [1.165, 1.54) is 30.3 Å². The minimum atomic E-state index is -4.64. The number of carbonyl (C=O) groups is 2. The Hall–Kier alpha value is -3.73. The minimum absolute atomic E-state index is 0.260. The molecule has 1 aliphatic heterocycles. The van der Waals surface area contributed by atoms with E-state index in [0.717, 1.165) is 12.1 Å². The van der Waals surface area contributed by atoms with Crippen LogP contribution in [0.5, 0.6) is 0 Å². The largest absolute Gasteiger partial charge is 0.416 e. The van der Waals surface area contributed by atoms with Crippen LogP contribution in [0.4, 0.5) is 23.4 Å². The molecule has 0 bridgehead atoms. The van der Waals surface area contributed by atoms with Gasteiger partial charge < -0.3 is 15.7 Å². The van der Waals surface area contributed by atoms with E-state index in [1.807, 2.05) is 0 Å². The topological polar surface area (TPSA) is 96.2 Å². The van der Waals surface area contributed by atoms with Gasteiger partial charge in [-0.1, -0.05) is 18.2 Å². The summed E-state index contributed by atoms with van der Waals surface area (Å²) in [5, 5.41) is 20.0. The molecule has 0 radical (unpaired) electrons. The Balaban J connectivity index is 1.74. The van der Waals surface area contributed by atoms with Gasteiger partial charge in [-0.2, -0.15) is 18.3 Å². The summed E-state index contributed by atoms with van der Waals surface area (Å²) in [4.78, 5) is 26.3. The molecule has 0 saturated heterocycles. The highest BCUT2D eigenvalue weighted by Crippen LogP contribution is 2.40. The van der Waals surface area contributed by atoms with Gasteiger partial charge >= 0.3 is 6.18 Å². The van der Waals surface area contributed by atoms with Gasteiger partial charge in [-0.25, -0.2) is 9.07 Å². The van der Waals surface area contributed by atoms with Gasteiger partial charge in [-0.3, -0.25) is 9.59 Å². The fourth-order valence-electron chi connectivity index (χ4n) is 4.39. The Bertz CT molecular complexity index is 1330. The number of nitrogens with zero attached hydrogens (tertiary/aromatic N) is 2. The van der Waals surface area contributed by atoms with Crippen molar-refractivity contribution in [3.05, 3.63) is 82.3 Å². The van der Waals surface area contributed by atoms with Crippen molar-refractivity contribution in [3.8, 4) is 0 Å². The van der Waals surface area contributed by atoms with Crippen LogP contribution in [0.3, 0.4) is 0 Å². The zero-order valence-corrected chi connectivity index (χ0v) is 20.4. The van der Waals surface area contributed by atoms with Crippen LogP contribution in [0.2, 0.25) is 0 Å². The molecule has 37 heavy (non-hydrogen) atoms. The van der Waals surface area contributed by atoms with Gasteiger partial charge in [-0.05, 0) is 63.1 Å². The van der Waals surface area contributed by atoms with Gasteiger partial charge in [0.15, 0.2) is 0 Å². The van der Waals surface area contributed by atoms with Crippen LogP contribution in [-0.2, 0) is 17.5 Å². The van der Waals surface area contributed by atoms with E-state index in [-0.39, 0.29) is 12.1 Å². The molecule has 0 spiro atoms. The Kier molecular flexibility index (Phi) is 6.85. The molecule has 2 aromatic carbocycles. The highest BCUT2D eigenvalue weighted by Gasteiger charge is 2.42. The zero-order chi connectivity index (χ0) is 27.1. The number of aromatic nitrogens is 2. The van der Waals surface area contributed by atoms with E-state index < -0.39 is 46.9 Å². The standard InChI is InChI=1S/C26H26F4N4O3/c1-14-19-20(15-7-9-18(27)10-8-15)21(24(36)32-22(19)34(33-14)12-11-25(2,3)37)31-23(35)16-5-4-6-17(13-16)26(28,29)30/h4-10,13,20-21,37H,11-12H2,1-3H3,(H,31,35)(H,32,36). The molecule has 1 aliphatic rings. The number of aliphatic hydroxyl groups is 1. The van der Waals surface area contributed by atoms with E-state index in [1.54, 1.807) is 25.5 Å². The van der Waals surface area contributed by atoms with Gasteiger partial charge in [0.05, 0.1) is 16.9 Å². The zero-order valence-electron chi connectivity index (χ0n) is 20.4. The van der Waals surface area contributed by atoms with Gasteiger partial charge in [0.2, 0.25) is 5.91 Å². The number of hydrogen-bond acceptors (Lipinski definition) is 4. The molecule has 3 aromatic rings. The predicted molar refractivity (Wildman–Crippen MR) is 127 cm³/mol. The van der Waals surface area contributed by atoms with Gasteiger partial charge in [-0.15, -0.1) is 0 Å². The van der Waals surface area contributed by atoms with Crippen LogP contribution in [0.1, 0.15) is 58.9 Å². The van der Waals surface area contributed by atoms with E-state index in [9.17, 15) is 32.3 Å². The molecule has 2 atom stereocenters. The molecule has 2 heterocycles. The maximum atomic E-state index is 13.7. The number of benzene rings is 2. The molecule has 2 amide bonds. The summed E-state index contributed by atoms with van der Waals surface area (Å²) >= 11 is 0. The normalized spacial score (nSPS) is 17.8. The maximum absolute atomic E-state index is 13.7. The second kappa shape index (κ2) is 9.62. The number of carbonyl (C=O) groups excluding carboxylic acids is 2. The van der Waals surface area contributed by atoms with Crippen molar-refractivity contribution in [1.82, 2.24) is 15.1 Å². The van der Waals surface area contributed by atoms with E-state index in [4.69, 9.17) is 0 Å². The van der Waals surface area contributed by atoms with Crippen molar-refractivity contribution in [3.63, 3.8) is 0 Å². The Labute approximate surface area is 210 Å². The number of halogens is 4. The number of rotatable bonds is 6. The number of anilines is 1. The number of fused-ring (bicyclic) bond motifs is 1. The lowest BCUT2D eigenvalue weighted by atomic mass is 9.81. The molecule has 4 rings (SSSR count). The highest BCUT2D eigenvalue weighted by atomic mass is 19.4. The fraction of sp³-hybridized carbons (Fsp3) is 0.346. The average Bonchev–Trinajstić information content (AvgIpc) is 3.12. The van der Waals surface area contributed by atoms with Crippen LogP contribution in [0, 0.1) is 12.7 Å². The average molecular weight is 519 g/mol. The number of hydrogen-bond donors (Lipinski definition) is 3. The molecule has 3 N–H and O–H groups in total. The predicted octanol–water partition coefficient (Wildman–Crippen LogP) is 4.39. The number of amides is 2. The fourth-order valence-corrected chi connectivity index (χ4v) is 4.39. The molecule has 0 aliphatic carbocycles. The summed E-state index contributed by atoms with van der Waals surface area (Å²) in [6.07, 6.45) is -4.30. The third kappa shape index (κ3) is 5.66. The SMILES string of the molecule is Cc1nn(CCC(C)(C)O)c2c1C(c1ccc(F)cc1)C(NC(=O)c1cccc(C(F)(F)F)c1)C(=O)N2. The summed E-state index contributed by atoms with van der Waals surface area (Å²) in [7, 11) is 0. The molecule has 1 aromatic heterocycles. The van der Waals surface area contributed by atoms with Gasteiger partial charge in [0, 0.05) is 23.6 Å². The lowest BCUT2D eigenvalue weighted by Crippen LogP contribution is -2.50. The highest BCUT2D eigenvalue weighted by molar-refractivity contribution is 6.04. The second-order valence-electron chi connectivity index (χ2n) is 9.68. The van der Waals surface area contributed by atoms with Crippen molar-refractivity contribution in [1.29, 1.82) is 0 Å². The van der Waals surface area contributed by atoms with Crippen LogP contribution in [-0.4, -0.2) is 38.3 Å². The quantitative estimate of drug-likeness (QED) is 0.422. The lowest BCUT2D eigenvalue weighted by molar-refractivity contribution is -0.137. The molecular weight excluding hydrogens is 492 g/mol. The molecule has 11 heteroatoms. The van der Waals surface area contributed by atoms with Crippen molar-refractivity contribution < 1.29 is 32.3 Å². The van der Waals surface area contributed by atoms with Crippen molar-refractivity contribution in [2.45, 2.75) is 57.5 Å². The number of alkyl halides is 3. The molecule has 196 valence electrons. The van der Waals surface area contributed by atoms with Crippen LogP contribution < -0.4 is 10.6 Å². The molecule has 0 fully saturated rings. The van der Waals surface area contributed by atoms with E-state index in [0.29, 0.717) is 35.1 Å². The Morgan fingerprint density at radius 3 is 2.46 bits per heavy atom.